The molecule has 0 aliphatic carbocycles. The van der Waals surface area contributed by atoms with Gasteiger partial charge in [-0.2, -0.15) is 5.10 Å². The monoisotopic (exact) mass is 257 g/mol. The van der Waals surface area contributed by atoms with Crippen molar-refractivity contribution in [1.82, 2.24) is 15.1 Å². The Balaban J connectivity index is 1.99. The van der Waals surface area contributed by atoms with Crippen LogP contribution < -0.4 is 5.32 Å². The Labute approximate surface area is 108 Å². The van der Waals surface area contributed by atoms with E-state index in [4.69, 9.17) is 4.74 Å². The molecule has 0 amide bonds. The predicted molar refractivity (Wildman–Crippen MR) is 72.6 cm³/mol. The van der Waals surface area contributed by atoms with Crippen molar-refractivity contribution in [2.45, 2.75) is 25.3 Å². The van der Waals surface area contributed by atoms with Crippen LogP contribution in [0.4, 0.5) is 0 Å². The highest BCUT2D eigenvalue weighted by Gasteiger charge is 2.01. The van der Waals surface area contributed by atoms with Gasteiger partial charge in [-0.3, -0.25) is 4.68 Å². The van der Waals surface area contributed by atoms with E-state index in [1.54, 1.807) is 0 Å². The van der Waals surface area contributed by atoms with E-state index >= 15 is 0 Å². The number of rotatable bonds is 9. The van der Waals surface area contributed by atoms with Gasteiger partial charge in [-0.05, 0) is 32.9 Å². The normalized spacial score (nSPS) is 11.0. The Kier molecular flexibility index (Phi) is 7.32. The Morgan fingerprint density at radius 3 is 2.94 bits per heavy atom. The molecule has 98 valence electrons. The zero-order valence-electron chi connectivity index (χ0n) is 11.0. The molecule has 0 aliphatic heterocycles. The Hall–Kier alpha value is -0.520. The molecule has 0 atom stereocenters. The molecular weight excluding hydrogens is 234 g/mol. The molecule has 4 nitrogen and oxygen atoms in total. The van der Waals surface area contributed by atoms with E-state index in [0.717, 1.165) is 44.2 Å². The van der Waals surface area contributed by atoms with Crippen LogP contribution in [0.1, 0.15) is 19.0 Å². The first kappa shape index (κ1) is 14.5. The summed E-state index contributed by atoms with van der Waals surface area (Å²) in [5.41, 5.74) is 1.08. The second-order valence-corrected chi connectivity index (χ2v) is 5.01. The van der Waals surface area contributed by atoms with Crippen LogP contribution in [0.2, 0.25) is 0 Å². The number of nitrogens with one attached hydrogen (secondary N) is 1. The summed E-state index contributed by atoms with van der Waals surface area (Å²) < 4.78 is 7.21. The number of hydrogen-bond acceptors (Lipinski definition) is 4. The van der Waals surface area contributed by atoms with Gasteiger partial charge in [-0.25, -0.2) is 0 Å². The van der Waals surface area contributed by atoms with Crippen LogP contribution in [0.15, 0.2) is 11.1 Å². The van der Waals surface area contributed by atoms with Crippen LogP contribution in [-0.4, -0.2) is 41.8 Å². The molecule has 1 heterocycles. The summed E-state index contributed by atoms with van der Waals surface area (Å²) in [5, 5.41) is 8.96. The second-order valence-electron chi connectivity index (χ2n) is 3.90. The highest BCUT2D eigenvalue weighted by molar-refractivity contribution is 7.99. The number of ether oxygens (including phenoxy) is 1. The molecule has 0 aliphatic rings. The summed E-state index contributed by atoms with van der Waals surface area (Å²) in [7, 11) is 1.99. The average Bonchev–Trinajstić information content (AvgIpc) is 2.61. The molecule has 1 rings (SSSR count). The minimum atomic E-state index is 0.815. The van der Waals surface area contributed by atoms with Gasteiger partial charge in [0.05, 0.1) is 10.7 Å². The summed E-state index contributed by atoms with van der Waals surface area (Å²) in [6.45, 7) is 7.79. The molecule has 0 fully saturated rings. The van der Waals surface area contributed by atoms with Crippen LogP contribution in [-0.2, 0) is 11.8 Å². The fraction of sp³-hybridized carbons (Fsp3) is 0.750. The van der Waals surface area contributed by atoms with E-state index in [9.17, 15) is 0 Å². The van der Waals surface area contributed by atoms with E-state index in [2.05, 4.69) is 16.5 Å². The van der Waals surface area contributed by atoms with Gasteiger partial charge in [-0.1, -0.05) is 0 Å². The van der Waals surface area contributed by atoms with Gasteiger partial charge in [0.25, 0.3) is 0 Å². The van der Waals surface area contributed by atoms with E-state index in [1.807, 2.05) is 37.3 Å². The molecule has 0 aromatic carbocycles. The minimum absolute atomic E-state index is 0.815. The van der Waals surface area contributed by atoms with Gasteiger partial charge in [0.15, 0.2) is 0 Å². The van der Waals surface area contributed by atoms with Crippen molar-refractivity contribution in [2.24, 2.45) is 7.05 Å². The van der Waals surface area contributed by atoms with Crippen LogP contribution in [0.3, 0.4) is 0 Å². The number of aromatic nitrogens is 2. The maximum atomic E-state index is 5.27. The third-order valence-electron chi connectivity index (χ3n) is 2.33. The second kappa shape index (κ2) is 8.55. The van der Waals surface area contributed by atoms with Crippen LogP contribution in [0, 0.1) is 6.92 Å². The Morgan fingerprint density at radius 2 is 2.29 bits per heavy atom. The minimum Gasteiger partial charge on any atom is -0.382 e. The largest absolute Gasteiger partial charge is 0.382 e. The van der Waals surface area contributed by atoms with Gasteiger partial charge >= 0.3 is 0 Å². The van der Waals surface area contributed by atoms with Gasteiger partial charge in [-0.15, -0.1) is 11.8 Å². The van der Waals surface area contributed by atoms with E-state index < -0.39 is 0 Å². The fourth-order valence-electron chi connectivity index (χ4n) is 1.52. The third kappa shape index (κ3) is 6.10. The highest BCUT2D eigenvalue weighted by Crippen LogP contribution is 2.17. The molecule has 1 aromatic heterocycles. The lowest BCUT2D eigenvalue weighted by atomic mass is 10.4. The summed E-state index contributed by atoms with van der Waals surface area (Å²) in [4.78, 5) is 0. The van der Waals surface area contributed by atoms with Crippen LogP contribution >= 0.6 is 11.8 Å². The lowest BCUT2D eigenvalue weighted by Crippen LogP contribution is -2.19. The quantitative estimate of drug-likeness (QED) is 0.541. The molecule has 17 heavy (non-hydrogen) atoms. The lowest BCUT2D eigenvalue weighted by Gasteiger charge is -2.05. The first-order valence-corrected chi connectivity index (χ1v) is 7.14. The molecule has 0 saturated carbocycles. The molecule has 0 spiro atoms. The van der Waals surface area contributed by atoms with Crippen molar-refractivity contribution in [2.75, 3.05) is 32.1 Å². The summed E-state index contributed by atoms with van der Waals surface area (Å²) in [5.74, 6) is 1.08. The molecular formula is C12H23N3OS. The number of aryl methyl sites for hydroxylation is 2. The van der Waals surface area contributed by atoms with E-state index in [1.165, 1.54) is 5.03 Å². The molecule has 0 radical (unpaired) electrons. The van der Waals surface area contributed by atoms with Gasteiger partial charge in [0, 0.05) is 32.6 Å². The van der Waals surface area contributed by atoms with Crippen molar-refractivity contribution in [1.29, 1.82) is 0 Å². The smallest absolute Gasteiger partial charge is 0.0939 e. The van der Waals surface area contributed by atoms with Crippen molar-refractivity contribution in [3.05, 3.63) is 11.8 Å². The summed E-state index contributed by atoms with van der Waals surface area (Å²) in [6.07, 6.45) is 1.09. The number of thioether (sulfide) groups is 1. The third-order valence-corrected chi connectivity index (χ3v) is 3.42. The van der Waals surface area contributed by atoms with Crippen molar-refractivity contribution < 1.29 is 4.74 Å². The van der Waals surface area contributed by atoms with Crippen molar-refractivity contribution >= 4 is 11.8 Å². The standard InChI is InChI=1S/C12H23N3OS/c1-4-16-8-5-6-13-7-9-17-12-10-11(2)14-15(12)3/h10,13H,4-9H2,1-3H3. The molecule has 1 aromatic rings. The highest BCUT2D eigenvalue weighted by atomic mass is 32.2. The summed E-state index contributed by atoms with van der Waals surface area (Å²) in [6, 6.07) is 2.12. The SMILES string of the molecule is CCOCCCNCCSc1cc(C)nn1C. The first-order valence-electron chi connectivity index (χ1n) is 6.16. The predicted octanol–water partition coefficient (Wildman–Crippen LogP) is 1.84. The van der Waals surface area contributed by atoms with Crippen LogP contribution in [0.25, 0.3) is 0 Å². The van der Waals surface area contributed by atoms with E-state index in [-0.39, 0.29) is 0 Å². The molecule has 5 heteroatoms. The first-order chi connectivity index (χ1) is 8.24. The molecule has 1 N–H and O–H groups in total. The maximum Gasteiger partial charge on any atom is 0.0939 e. The fourth-order valence-corrected chi connectivity index (χ4v) is 2.46. The zero-order chi connectivity index (χ0) is 12.5. The molecule has 0 saturated heterocycles. The Bertz CT molecular complexity index is 315. The zero-order valence-corrected chi connectivity index (χ0v) is 11.8. The van der Waals surface area contributed by atoms with Crippen LogP contribution in [0.5, 0.6) is 0 Å². The van der Waals surface area contributed by atoms with Gasteiger partial charge in [0.1, 0.15) is 0 Å². The van der Waals surface area contributed by atoms with Gasteiger partial charge < -0.3 is 10.1 Å². The topological polar surface area (TPSA) is 39.1 Å². The van der Waals surface area contributed by atoms with E-state index in [0.29, 0.717) is 0 Å². The molecule has 0 bridgehead atoms. The van der Waals surface area contributed by atoms with Gasteiger partial charge in [0.2, 0.25) is 0 Å². The Morgan fingerprint density at radius 1 is 1.47 bits per heavy atom. The molecule has 0 unspecified atom stereocenters. The average molecular weight is 257 g/mol. The number of hydrogen-bond donors (Lipinski definition) is 1. The maximum absolute atomic E-state index is 5.27. The van der Waals surface area contributed by atoms with Crippen molar-refractivity contribution in [3.63, 3.8) is 0 Å². The number of nitrogens with zero attached hydrogens (tertiary/aromatic N) is 2. The summed E-state index contributed by atoms with van der Waals surface area (Å²) >= 11 is 1.84. The lowest BCUT2D eigenvalue weighted by molar-refractivity contribution is 0.145. The van der Waals surface area contributed by atoms with Crippen molar-refractivity contribution in [3.8, 4) is 0 Å².